The first-order chi connectivity index (χ1) is 16.0. The maximum absolute atomic E-state index is 14.2. The molecular weight excluding hydrogens is 425 g/mol. The Balaban J connectivity index is 1.90. The van der Waals surface area contributed by atoms with Crippen molar-refractivity contribution in [1.82, 2.24) is 10.4 Å². The number of carbonyl (C=O) groups excluding carboxylic acids is 2. The van der Waals surface area contributed by atoms with Crippen LogP contribution in [0.1, 0.15) is 10.4 Å². The number of aromatic nitrogens is 1. The smallest absolute Gasteiger partial charge is 0.433 e. The maximum Gasteiger partial charge on any atom is 0.433 e. The van der Waals surface area contributed by atoms with E-state index in [1.807, 2.05) is 30.3 Å². The predicted octanol–water partition coefficient (Wildman–Crippen LogP) is 4.97. The molecule has 2 amide bonds. The molecule has 0 aliphatic rings. The summed E-state index contributed by atoms with van der Waals surface area (Å²) in [4.78, 5) is 30.6. The zero-order chi connectivity index (χ0) is 23.4. The van der Waals surface area contributed by atoms with Crippen molar-refractivity contribution in [3.05, 3.63) is 90.2 Å². The highest BCUT2D eigenvalue weighted by Gasteiger charge is 2.27. The van der Waals surface area contributed by atoms with Crippen molar-refractivity contribution in [2.75, 3.05) is 19.2 Å². The topological polar surface area (TPSA) is 80.8 Å². The van der Waals surface area contributed by atoms with Crippen molar-refractivity contribution in [3.8, 4) is 17.0 Å². The number of nitrogens with one attached hydrogen (secondary N) is 1. The standard InChI is InChI=1S/C25H20FN3O4/c1-32-23-21(24(30)28-29(25(31)33-2)18-11-7-4-8-12-18)19-15-17(26)13-14-20(19)27-22(23)16-9-5-3-6-10-16/h3-15H,1-2H3,(H,28,30). The number of para-hydroxylation sites is 1. The van der Waals surface area contributed by atoms with Crippen LogP contribution in [-0.4, -0.2) is 31.2 Å². The van der Waals surface area contributed by atoms with Crippen molar-refractivity contribution in [1.29, 1.82) is 0 Å². The van der Waals surface area contributed by atoms with E-state index < -0.39 is 17.8 Å². The number of amides is 2. The number of halogens is 1. The van der Waals surface area contributed by atoms with Crippen molar-refractivity contribution in [3.63, 3.8) is 0 Å². The fraction of sp³-hybridized carbons (Fsp3) is 0.0800. The molecule has 0 aliphatic heterocycles. The second-order valence-electron chi connectivity index (χ2n) is 6.98. The average molecular weight is 445 g/mol. The molecule has 0 radical (unpaired) electrons. The first-order valence-electron chi connectivity index (χ1n) is 10.00. The lowest BCUT2D eigenvalue weighted by Crippen LogP contribution is -2.46. The lowest BCUT2D eigenvalue weighted by atomic mass is 10.0. The molecule has 4 aromatic rings. The van der Waals surface area contributed by atoms with Crippen LogP contribution in [0.4, 0.5) is 14.9 Å². The molecule has 0 atom stereocenters. The third-order valence-corrected chi connectivity index (χ3v) is 4.97. The first-order valence-corrected chi connectivity index (χ1v) is 10.00. The molecular formula is C25H20FN3O4. The van der Waals surface area contributed by atoms with Gasteiger partial charge in [-0.25, -0.2) is 14.2 Å². The molecule has 1 N–H and O–H groups in total. The van der Waals surface area contributed by atoms with Gasteiger partial charge in [0.25, 0.3) is 5.91 Å². The Kier molecular flexibility index (Phi) is 6.17. The normalized spacial score (nSPS) is 10.5. The Morgan fingerprint density at radius 2 is 1.61 bits per heavy atom. The molecule has 1 heterocycles. The number of hydrazine groups is 1. The number of hydrogen-bond donors (Lipinski definition) is 1. The van der Waals surface area contributed by atoms with Crippen LogP contribution in [0.25, 0.3) is 22.2 Å². The summed E-state index contributed by atoms with van der Waals surface area (Å²) in [5, 5.41) is 1.21. The summed E-state index contributed by atoms with van der Waals surface area (Å²) in [6, 6.07) is 21.6. The molecule has 3 aromatic carbocycles. The lowest BCUT2D eigenvalue weighted by Gasteiger charge is -2.23. The van der Waals surface area contributed by atoms with Crippen LogP contribution in [0.15, 0.2) is 78.9 Å². The van der Waals surface area contributed by atoms with Crippen molar-refractivity contribution < 1.29 is 23.5 Å². The van der Waals surface area contributed by atoms with Gasteiger partial charge in [0.15, 0.2) is 5.75 Å². The van der Waals surface area contributed by atoms with Crippen LogP contribution < -0.4 is 15.2 Å². The quantitative estimate of drug-likeness (QED) is 0.449. The Morgan fingerprint density at radius 3 is 2.24 bits per heavy atom. The van der Waals surface area contributed by atoms with Gasteiger partial charge in [0, 0.05) is 10.9 Å². The van der Waals surface area contributed by atoms with E-state index >= 15 is 0 Å². The van der Waals surface area contributed by atoms with Gasteiger partial charge in [0.05, 0.1) is 31.0 Å². The summed E-state index contributed by atoms with van der Waals surface area (Å²) in [5.41, 5.74) is 4.48. The van der Waals surface area contributed by atoms with Gasteiger partial charge in [-0.3, -0.25) is 10.2 Å². The van der Waals surface area contributed by atoms with E-state index in [0.29, 0.717) is 22.5 Å². The summed E-state index contributed by atoms with van der Waals surface area (Å²) in [7, 11) is 2.61. The van der Waals surface area contributed by atoms with Crippen LogP contribution in [0.2, 0.25) is 0 Å². The molecule has 33 heavy (non-hydrogen) atoms. The van der Waals surface area contributed by atoms with Crippen LogP contribution in [0, 0.1) is 5.82 Å². The van der Waals surface area contributed by atoms with Gasteiger partial charge >= 0.3 is 6.09 Å². The molecule has 0 aliphatic carbocycles. The predicted molar refractivity (Wildman–Crippen MR) is 122 cm³/mol. The molecule has 4 rings (SSSR count). The van der Waals surface area contributed by atoms with Crippen LogP contribution in [0.3, 0.4) is 0 Å². The summed E-state index contributed by atoms with van der Waals surface area (Å²) < 4.78 is 24.6. The highest BCUT2D eigenvalue weighted by atomic mass is 19.1. The van der Waals surface area contributed by atoms with Gasteiger partial charge in [-0.15, -0.1) is 0 Å². The third kappa shape index (κ3) is 4.31. The Morgan fingerprint density at radius 1 is 0.939 bits per heavy atom. The van der Waals surface area contributed by atoms with Gasteiger partial charge in [0.2, 0.25) is 0 Å². The zero-order valence-corrected chi connectivity index (χ0v) is 17.9. The number of ether oxygens (including phenoxy) is 2. The summed E-state index contributed by atoms with van der Waals surface area (Å²) in [6.45, 7) is 0. The lowest BCUT2D eigenvalue weighted by molar-refractivity contribution is 0.0939. The Hall–Kier alpha value is -4.46. The SMILES string of the molecule is COC(=O)N(NC(=O)c1c(OC)c(-c2ccccc2)nc2ccc(F)cc12)c1ccccc1. The van der Waals surface area contributed by atoms with Crippen molar-refractivity contribution in [2.45, 2.75) is 0 Å². The fourth-order valence-corrected chi connectivity index (χ4v) is 3.48. The van der Waals surface area contributed by atoms with E-state index in [1.165, 1.54) is 32.4 Å². The molecule has 0 unspecified atom stereocenters. The third-order valence-electron chi connectivity index (χ3n) is 4.97. The number of pyridine rings is 1. The number of hydrogen-bond acceptors (Lipinski definition) is 5. The van der Waals surface area contributed by atoms with Gasteiger partial charge < -0.3 is 9.47 Å². The summed E-state index contributed by atoms with van der Waals surface area (Å²) in [5.74, 6) is -1.09. The molecule has 0 fully saturated rings. The fourth-order valence-electron chi connectivity index (χ4n) is 3.48. The number of fused-ring (bicyclic) bond motifs is 1. The monoisotopic (exact) mass is 445 g/mol. The second-order valence-corrected chi connectivity index (χ2v) is 6.98. The Labute approximate surface area is 189 Å². The highest BCUT2D eigenvalue weighted by molar-refractivity contribution is 6.12. The molecule has 7 nitrogen and oxygen atoms in total. The summed E-state index contributed by atoms with van der Waals surface area (Å²) in [6.07, 6.45) is -0.804. The molecule has 0 saturated carbocycles. The van der Waals surface area contributed by atoms with E-state index in [1.54, 1.807) is 30.3 Å². The summed E-state index contributed by atoms with van der Waals surface area (Å²) >= 11 is 0. The minimum absolute atomic E-state index is 0.0330. The molecule has 0 saturated heterocycles. The first kappa shape index (κ1) is 21.8. The van der Waals surface area contributed by atoms with Gasteiger partial charge in [-0.05, 0) is 30.3 Å². The van der Waals surface area contributed by atoms with E-state index in [0.717, 1.165) is 5.01 Å². The number of nitrogens with zero attached hydrogens (tertiary/aromatic N) is 2. The van der Waals surface area contributed by atoms with E-state index in [2.05, 4.69) is 10.4 Å². The van der Waals surface area contributed by atoms with E-state index in [9.17, 15) is 14.0 Å². The highest BCUT2D eigenvalue weighted by Crippen LogP contribution is 2.36. The van der Waals surface area contributed by atoms with Gasteiger partial charge in [-0.2, -0.15) is 5.01 Å². The maximum atomic E-state index is 14.2. The van der Waals surface area contributed by atoms with E-state index in [-0.39, 0.29) is 16.7 Å². The second kappa shape index (κ2) is 9.35. The number of carbonyl (C=O) groups is 2. The van der Waals surface area contributed by atoms with Crippen molar-refractivity contribution in [2.24, 2.45) is 0 Å². The largest absolute Gasteiger partial charge is 0.494 e. The van der Waals surface area contributed by atoms with E-state index in [4.69, 9.17) is 9.47 Å². The average Bonchev–Trinajstić information content (AvgIpc) is 2.86. The Bertz CT molecular complexity index is 1310. The zero-order valence-electron chi connectivity index (χ0n) is 17.9. The van der Waals surface area contributed by atoms with Crippen molar-refractivity contribution >= 4 is 28.6 Å². The van der Waals surface area contributed by atoms with Crippen LogP contribution in [0.5, 0.6) is 5.75 Å². The minimum atomic E-state index is -0.804. The van der Waals surface area contributed by atoms with Gasteiger partial charge in [-0.1, -0.05) is 48.5 Å². The molecule has 0 spiro atoms. The molecule has 8 heteroatoms. The molecule has 1 aromatic heterocycles. The van der Waals surface area contributed by atoms with Crippen LogP contribution in [-0.2, 0) is 4.74 Å². The minimum Gasteiger partial charge on any atom is -0.494 e. The molecule has 0 bridgehead atoms. The number of benzene rings is 3. The number of methoxy groups -OCH3 is 2. The number of rotatable bonds is 4. The molecule has 166 valence electrons. The number of anilines is 1. The van der Waals surface area contributed by atoms with Gasteiger partial charge in [0.1, 0.15) is 11.5 Å². The van der Waals surface area contributed by atoms with Crippen LogP contribution >= 0.6 is 0 Å².